The van der Waals surface area contributed by atoms with Crippen LogP contribution in [0.4, 0.5) is 0 Å². The molecule has 12 nitrogen and oxygen atoms in total. The Bertz CT molecular complexity index is 1320. The van der Waals surface area contributed by atoms with Crippen molar-refractivity contribution in [3.63, 3.8) is 0 Å². The molecule has 0 aromatic rings. The van der Waals surface area contributed by atoms with E-state index in [0.29, 0.717) is 19.3 Å². The Morgan fingerprint density at radius 1 is 0.531 bits per heavy atom. The van der Waals surface area contributed by atoms with E-state index in [9.17, 15) is 37.9 Å². The minimum atomic E-state index is -4.61. The molecule has 0 spiro atoms. The summed E-state index contributed by atoms with van der Waals surface area (Å²) in [6, 6.07) is 0. The van der Waals surface area contributed by atoms with Crippen molar-refractivity contribution >= 4 is 22.1 Å². The number of rotatable bonds is 43. The van der Waals surface area contributed by atoms with Gasteiger partial charge in [0.1, 0.15) is 36.8 Å². The lowest BCUT2D eigenvalue weighted by Crippen LogP contribution is -2.60. The van der Waals surface area contributed by atoms with Crippen LogP contribution in [-0.4, -0.2) is 96.0 Å². The van der Waals surface area contributed by atoms with Gasteiger partial charge in [0.15, 0.2) is 12.4 Å². The van der Waals surface area contributed by atoms with Gasteiger partial charge < -0.3 is 34.3 Å². The monoisotopic (exact) mass is 929 g/mol. The Balaban J connectivity index is 2.41. The second-order valence-electron chi connectivity index (χ2n) is 17.8. The number of hydrogen-bond acceptors (Lipinski definition) is 11. The predicted octanol–water partition coefficient (Wildman–Crippen LogP) is 11.3. The van der Waals surface area contributed by atoms with E-state index >= 15 is 0 Å². The van der Waals surface area contributed by atoms with Gasteiger partial charge in [-0.3, -0.25) is 14.1 Å². The highest BCUT2D eigenvalue weighted by molar-refractivity contribution is 7.85. The van der Waals surface area contributed by atoms with Crippen LogP contribution in [0, 0.1) is 0 Å². The van der Waals surface area contributed by atoms with E-state index in [1.165, 1.54) is 135 Å². The molecule has 4 N–H and O–H groups in total. The molecule has 6 atom stereocenters. The van der Waals surface area contributed by atoms with Crippen LogP contribution in [0.2, 0.25) is 0 Å². The standard InChI is InChI=1S/C51H92O12S/c1-3-5-7-9-11-13-15-17-19-21-22-24-26-28-30-32-34-36-38-40-47(53)62-44(42-61-51-50(56)49(55)48(54)45(63-51)43-64(57,58)59)41-60-46(52)39-37-35-33-31-29-27-25-23-20-18-16-14-12-10-8-6-4-2/h18,20,25,27,31,33,44-45,48-51,54-56H,3-17,19,21-24,26,28-30,32,34-43H2,1-2H3,(H,57,58,59)/b20-18+,27-25+,33-31+/t44-,45-,48-,49?,50?,51+/m1/s1. The molecule has 1 heterocycles. The topological polar surface area (TPSA) is 186 Å². The van der Waals surface area contributed by atoms with Gasteiger partial charge in [0.25, 0.3) is 10.1 Å². The van der Waals surface area contributed by atoms with Crippen LogP contribution >= 0.6 is 0 Å². The second kappa shape index (κ2) is 41.1. The van der Waals surface area contributed by atoms with Gasteiger partial charge in [0.2, 0.25) is 0 Å². The third-order valence-corrected chi connectivity index (χ3v) is 12.5. The summed E-state index contributed by atoms with van der Waals surface area (Å²) in [4.78, 5) is 25.5. The maximum atomic E-state index is 12.9. The Labute approximate surface area is 389 Å². The summed E-state index contributed by atoms with van der Waals surface area (Å²) in [6.07, 6.45) is 39.1. The van der Waals surface area contributed by atoms with Gasteiger partial charge in [-0.05, 0) is 44.9 Å². The van der Waals surface area contributed by atoms with Crippen molar-refractivity contribution in [2.75, 3.05) is 19.0 Å². The number of hydrogen-bond donors (Lipinski definition) is 4. The van der Waals surface area contributed by atoms with Gasteiger partial charge in [-0.15, -0.1) is 0 Å². The van der Waals surface area contributed by atoms with E-state index in [0.717, 1.165) is 38.5 Å². The predicted molar refractivity (Wildman–Crippen MR) is 256 cm³/mol. The molecule has 374 valence electrons. The highest BCUT2D eigenvalue weighted by atomic mass is 32.2. The van der Waals surface area contributed by atoms with Crippen molar-refractivity contribution in [3.8, 4) is 0 Å². The first kappa shape index (κ1) is 59.9. The molecule has 0 bridgehead atoms. The molecule has 1 saturated heterocycles. The number of aliphatic hydroxyl groups is 3. The summed E-state index contributed by atoms with van der Waals surface area (Å²) in [5.41, 5.74) is 0. The fourth-order valence-corrected chi connectivity index (χ4v) is 8.44. The molecule has 1 rings (SSSR count). The van der Waals surface area contributed by atoms with E-state index in [4.69, 9.17) is 18.9 Å². The molecule has 13 heteroatoms. The van der Waals surface area contributed by atoms with Crippen LogP contribution < -0.4 is 0 Å². The van der Waals surface area contributed by atoms with Crippen LogP contribution in [-0.2, 0) is 38.7 Å². The van der Waals surface area contributed by atoms with Crippen LogP contribution in [0.3, 0.4) is 0 Å². The van der Waals surface area contributed by atoms with Crippen molar-refractivity contribution in [2.24, 2.45) is 0 Å². The lowest BCUT2D eigenvalue weighted by atomic mass is 10.00. The molecule has 0 aromatic carbocycles. The molecule has 1 aliphatic rings. The normalized spacial score (nSPS) is 19.9. The maximum absolute atomic E-state index is 12.9. The van der Waals surface area contributed by atoms with Crippen LogP contribution in [0.15, 0.2) is 36.5 Å². The van der Waals surface area contributed by atoms with E-state index in [2.05, 4.69) is 44.2 Å². The number of allylic oxidation sites excluding steroid dienone is 6. The van der Waals surface area contributed by atoms with Gasteiger partial charge in [-0.25, -0.2) is 0 Å². The summed E-state index contributed by atoms with van der Waals surface area (Å²) in [7, 11) is -4.61. The van der Waals surface area contributed by atoms with Crippen LogP contribution in [0.1, 0.15) is 219 Å². The summed E-state index contributed by atoms with van der Waals surface area (Å²) in [5.74, 6) is -2.04. The van der Waals surface area contributed by atoms with E-state index in [1.54, 1.807) is 0 Å². The molecular weight excluding hydrogens is 837 g/mol. The fraction of sp³-hybridized carbons (Fsp3) is 0.843. The molecule has 0 saturated carbocycles. The van der Waals surface area contributed by atoms with Crippen molar-refractivity contribution in [1.29, 1.82) is 0 Å². The second-order valence-corrected chi connectivity index (χ2v) is 19.3. The fourth-order valence-electron chi connectivity index (χ4n) is 7.75. The van der Waals surface area contributed by atoms with Crippen LogP contribution in [0.25, 0.3) is 0 Å². The van der Waals surface area contributed by atoms with Gasteiger partial charge in [-0.2, -0.15) is 8.42 Å². The van der Waals surface area contributed by atoms with E-state index in [1.807, 2.05) is 6.08 Å². The zero-order chi connectivity index (χ0) is 46.9. The molecule has 1 fully saturated rings. The van der Waals surface area contributed by atoms with Gasteiger partial charge in [0.05, 0.1) is 6.61 Å². The molecule has 0 aromatic heterocycles. The van der Waals surface area contributed by atoms with Crippen LogP contribution in [0.5, 0.6) is 0 Å². The summed E-state index contributed by atoms with van der Waals surface area (Å²) >= 11 is 0. The zero-order valence-electron chi connectivity index (χ0n) is 40.1. The first-order chi connectivity index (χ1) is 31.0. The van der Waals surface area contributed by atoms with Crippen molar-refractivity contribution in [3.05, 3.63) is 36.5 Å². The zero-order valence-corrected chi connectivity index (χ0v) is 41.0. The Kier molecular flexibility index (Phi) is 38.4. The SMILES string of the molecule is CCCCCCCC/C=C/C/C=C/C/C=C/CCCC(=O)OC[C@H](CO[C@H]1O[C@H](CS(=O)(=O)O)[C@@H](O)C(O)C1O)OC(=O)CCCCCCCCCCCCCCCCCCCCC. The Hall–Kier alpha value is -2.13. The molecule has 0 amide bonds. The lowest BCUT2D eigenvalue weighted by Gasteiger charge is -2.40. The largest absolute Gasteiger partial charge is 0.462 e. The summed E-state index contributed by atoms with van der Waals surface area (Å²) < 4.78 is 54.2. The van der Waals surface area contributed by atoms with Crippen molar-refractivity contribution < 1.29 is 56.8 Å². The number of esters is 2. The third kappa shape index (κ3) is 35.1. The van der Waals surface area contributed by atoms with Gasteiger partial charge in [-0.1, -0.05) is 198 Å². The maximum Gasteiger partial charge on any atom is 0.306 e. The average molecular weight is 929 g/mol. The number of carbonyl (C=O) groups is 2. The van der Waals surface area contributed by atoms with Crippen molar-refractivity contribution in [2.45, 2.75) is 256 Å². The first-order valence-electron chi connectivity index (χ1n) is 25.5. The lowest BCUT2D eigenvalue weighted by molar-refractivity contribution is -0.297. The molecule has 0 aliphatic carbocycles. The summed E-state index contributed by atoms with van der Waals surface area (Å²) in [6.45, 7) is 3.74. The molecule has 64 heavy (non-hydrogen) atoms. The highest BCUT2D eigenvalue weighted by Crippen LogP contribution is 2.24. The minimum Gasteiger partial charge on any atom is -0.462 e. The van der Waals surface area contributed by atoms with Crippen molar-refractivity contribution in [1.82, 2.24) is 0 Å². The smallest absolute Gasteiger partial charge is 0.306 e. The highest BCUT2D eigenvalue weighted by Gasteiger charge is 2.46. The third-order valence-electron chi connectivity index (χ3n) is 11.7. The minimum absolute atomic E-state index is 0.149. The first-order valence-corrected chi connectivity index (χ1v) is 27.2. The molecular formula is C51H92O12S. The summed E-state index contributed by atoms with van der Waals surface area (Å²) in [5, 5.41) is 31.0. The quantitative estimate of drug-likeness (QED) is 0.0196. The van der Waals surface area contributed by atoms with E-state index < -0.39 is 71.2 Å². The Morgan fingerprint density at radius 2 is 0.953 bits per heavy atom. The van der Waals surface area contributed by atoms with Gasteiger partial charge in [0, 0.05) is 12.8 Å². The van der Waals surface area contributed by atoms with Gasteiger partial charge >= 0.3 is 11.9 Å². The number of ether oxygens (including phenoxy) is 4. The Morgan fingerprint density at radius 3 is 1.44 bits per heavy atom. The molecule has 1 aliphatic heterocycles. The number of carbonyl (C=O) groups excluding carboxylic acids is 2. The molecule has 2 unspecified atom stereocenters. The number of aliphatic hydroxyl groups excluding tert-OH is 3. The molecule has 0 radical (unpaired) electrons. The van der Waals surface area contributed by atoms with E-state index in [-0.39, 0.29) is 19.4 Å². The average Bonchev–Trinajstić information content (AvgIpc) is 3.26. The number of unbranched alkanes of at least 4 members (excludes halogenated alkanes) is 25.